The van der Waals surface area contributed by atoms with Gasteiger partial charge in [-0.2, -0.15) is 0 Å². The van der Waals surface area contributed by atoms with Gasteiger partial charge >= 0.3 is 0 Å². The number of ketones is 1. The number of hydrogen-bond acceptors (Lipinski definition) is 1. The first-order chi connectivity index (χ1) is 8.27. The molecule has 1 aromatic carbocycles. The largest absolute Gasteiger partial charge is 0.299 e. The molecule has 2 rings (SSSR count). The van der Waals surface area contributed by atoms with Gasteiger partial charge < -0.3 is 0 Å². The second kappa shape index (κ2) is 5.95. The van der Waals surface area contributed by atoms with E-state index in [1.165, 1.54) is 18.9 Å². The highest BCUT2D eigenvalue weighted by atomic mass is 19.1. The molecule has 1 aliphatic carbocycles. The Balaban J connectivity index is 1.98. The average Bonchev–Trinajstić information content (AvgIpc) is 2.61. The molecule has 1 fully saturated rings. The molecule has 0 heterocycles. The van der Waals surface area contributed by atoms with E-state index in [-0.39, 0.29) is 23.9 Å². The molecule has 0 spiro atoms. The van der Waals surface area contributed by atoms with E-state index in [2.05, 4.69) is 0 Å². The second-order valence-electron chi connectivity index (χ2n) is 4.92. The molecule has 92 valence electrons. The monoisotopic (exact) mass is 234 g/mol. The van der Waals surface area contributed by atoms with Crippen LogP contribution in [0.5, 0.6) is 0 Å². The molecular formula is C15H19FO. The molecule has 0 radical (unpaired) electrons. The highest BCUT2D eigenvalue weighted by molar-refractivity contribution is 5.83. The zero-order chi connectivity index (χ0) is 12.1. The standard InChI is InChI=1S/C15H19FO/c16-14-10-6-5-9-13(14)11-15(17)12-7-3-1-2-4-8-12/h5-6,9-10,12H,1-4,7-8,11H2. The van der Waals surface area contributed by atoms with Crippen LogP contribution in [-0.4, -0.2) is 5.78 Å². The molecule has 0 atom stereocenters. The Hall–Kier alpha value is -1.18. The van der Waals surface area contributed by atoms with E-state index in [0.717, 1.165) is 25.7 Å². The minimum Gasteiger partial charge on any atom is -0.299 e. The van der Waals surface area contributed by atoms with Crippen LogP contribution in [0.15, 0.2) is 24.3 Å². The van der Waals surface area contributed by atoms with Gasteiger partial charge in [-0.05, 0) is 24.5 Å². The molecule has 0 bridgehead atoms. The van der Waals surface area contributed by atoms with Crippen molar-refractivity contribution in [3.8, 4) is 0 Å². The van der Waals surface area contributed by atoms with Crippen LogP contribution < -0.4 is 0 Å². The summed E-state index contributed by atoms with van der Waals surface area (Å²) in [5.74, 6) is 0.128. The van der Waals surface area contributed by atoms with Crippen LogP contribution in [0.25, 0.3) is 0 Å². The predicted octanol–water partition coefficient (Wildman–Crippen LogP) is 3.91. The Labute approximate surface area is 102 Å². The van der Waals surface area contributed by atoms with Crippen LogP contribution in [0.1, 0.15) is 44.1 Å². The molecule has 1 aromatic rings. The highest BCUT2D eigenvalue weighted by Crippen LogP contribution is 2.25. The SMILES string of the molecule is O=C(Cc1ccccc1F)C1CCCCCC1. The molecule has 2 heteroatoms. The Morgan fingerprint density at radius 1 is 1.12 bits per heavy atom. The fourth-order valence-electron chi connectivity index (χ4n) is 2.58. The Morgan fingerprint density at radius 3 is 2.41 bits per heavy atom. The van der Waals surface area contributed by atoms with E-state index >= 15 is 0 Å². The first kappa shape index (κ1) is 12.3. The fourth-order valence-corrected chi connectivity index (χ4v) is 2.58. The van der Waals surface area contributed by atoms with Crippen LogP contribution in [0.2, 0.25) is 0 Å². The molecule has 0 aliphatic heterocycles. The van der Waals surface area contributed by atoms with Gasteiger partial charge in [0, 0.05) is 12.3 Å². The van der Waals surface area contributed by atoms with E-state index in [0.29, 0.717) is 5.56 Å². The summed E-state index contributed by atoms with van der Waals surface area (Å²) in [6.07, 6.45) is 7.02. The summed E-state index contributed by atoms with van der Waals surface area (Å²) >= 11 is 0. The van der Waals surface area contributed by atoms with E-state index < -0.39 is 0 Å². The molecule has 0 unspecified atom stereocenters. The number of halogens is 1. The third-order valence-corrected chi connectivity index (χ3v) is 3.63. The second-order valence-corrected chi connectivity index (χ2v) is 4.92. The fraction of sp³-hybridized carbons (Fsp3) is 0.533. The minimum absolute atomic E-state index is 0.164. The molecule has 0 N–H and O–H groups in total. The Morgan fingerprint density at radius 2 is 1.76 bits per heavy atom. The van der Waals surface area contributed by atoms with Crippen molar-refractivity contribution in [1.82, 2.24) is 0 Å². The van der Waals surface area contributed by atoms with E-state index in [1.807, 2.05) is 0 Å². The first-order valence-electron chi connectivity index (χ1n) is 6.53. The van der Waals surface area contributed by atoms with Crippen molar-refractivity contribution >= 4 is 5.78 Å². The lowest BCUT2D eigenvalue weighted by Crippen LogP contribution is -2.16. The van der Waals surface area contributed by atoms with Crippen molar-refractivity contribution in [3.63, 3.8) is 0 Å². The van der Waals surface area contributed by atoms with Crippen molar-refractivity contribution in [2.24, 2.45) is 5.92 Å². The lowest BCUT2D eigenvalue weighted by Gasteiger charge is -2.12. The lowest BCUT2D eigenvalue weighted by molar-refractivity contribution is -0.122. The maximum Gasteiger partial charge on any atom is 0.140 e. The number of Topliss-reactive ketones (excluding diaryl/α,β-unsaturated/α-hetero) is 1. The van der Waals surface area contributed by atoms with Gasteiger partial charge in [-0.3, -0.25) is 4.79 Å². The van der Waals surface area contributed by atoms with Gasteiger partial charge in [-0.25, -0.2) is 4.39 Å². The molecule has 0 amide bonds. The van der Waals surface area contributed by atoms with E-state index in [4.69, 9.17) is 0 Å². The number of hydrogen-bond donors (Lipinski definition) is 0. The third-order valence-electron chi connectivity index (χ3n) is 3.63. The summed E-state index contributed by atoms with van der Waals surface area (Å²) in [5, 5.41) is 0. The van der Waals surface area contributed by atoms with Crippen molar-refractivity contribution in [3.05, 3.63) is 35.6 Å². The van der Waals surface area contributed by atoms with E-state index in [9.17, 15) is 9.18 Å². The summed E-state index contributed by atoms with van der Waals surface area (Å²) in [6.45, 7) is 0. The van der Waals surface area contributed by atoms with Gasteiger partial charge in [0.05, 0.1) is 0 Å². The van der Waals surface area contributed by atoms with Crippen molar-refractivity contribution < 1.29 is 9.18 Å². The van der Waals surface area contributed by atoms with Crippen LogP contribution in [0, 0.1) is 11.7 Å². The molecule has 17 heavy (non-hydrogen) atoms. The summed E-state index contributed by atoms with van der Waals surface area (Å²) in [5.41, 5.74) is 0.543. The summed E-state index contributed by atoms with van der Waals surface area (Å²) in [4.78, 5) is 12.1. The maximum absolute atomic E-state index is 13.4. The van der Waals surface area contributed by atoms with Crippen molar-refractivity contribution in [1.29, 1.82) is 0 Å². The molecular weight excluding hydrogens is 215 g/mol. The third kappa shape index (κ3) is 3.39. The number of carbonyl (C=O) groups is 1. The topological polar surface area (TPSA) is 17.1 Å². The first-order valence-corrected chi connectivity index (χ1v) is 6.53. The molecule has 1 aliphatic rings. The molecule has 0 saturated heterocycles. The normalized spacial score (nSPS) is 17.7. The van der Waals surface area contributed by atoms with E-state index in [1.54, 1.807) is 18.2 Å². The van der Waals surface area contributed by atoms with Gasteiger partial charge in [-0.1, -0.05) is 43.9 Å². The number of benzene rings is 1. The van der Waals surface area contributed by atoms with Gasteiger partial charge in [0.15, 0.2) is 0 Å². The van der Waals surface area contributed by atoms with Gasteiger partial charge in [0.1, 0.15) is 11.6 Å². The predicted molar refractivity (Wildman–Crippen MR) is 66.3 cm³/mol. The summed E-state index contributed by atoms with van der Waals surface area (Å²) in [6, 6.07) is 6.59. The number of rotatable bonds is 3. The summed E-state index contributed by atoms with van der Waals surface area (Å²) < 4.78 is 13.4. The van der Waals surface area contributed by atoms with Crippen molar-refractivity contribution in [2.75, 3.05) is 0 Å². The molecule has 0 aromatic heterocycles. The van der Waals surface area contributed by atoms with Crippen LogP contribution in [0.3, 0.4) is 0 Å². The maximum atomic E-state index is 13.4. The number of carbonyl (C=O) groups excluding carboxylic acids is 1. The lowest BCUT2D eigenvalue weighted by atomic mass is 9.91. The van der Waals surface area contributed by atoms with Gasteiger partial charge in [0.25, 0.3) is 0 Å². The highest BCUT2D eigenvalue weighted by Gasteiger charge is 2.20. The Kier molecular flexibility index (Phi) is 4.29. The van der Waals surface area contributed by atoms with Crippen LogP contribution in [0.4, 0.5) is 4.39 Å². The van der Waals surface area contributed by atoms with Crippen LogP contribution in [-0.2, 0) is 11.2 Å². The zero-order valence-electron chi connectivity index (χ0n) is 10.1. The Bertz CT molecular complexity index is 378. The zero-order valence-corrected chi connectivity index (χ0v) is 10.1. The van der Waals surface area contributed by atoms with Gasteiger partial charge in [0.2, 0.25) is 0 Å². The van der Waals surface area contributed by atoms with Crippen LogP contribution >= 0.6 is 0 Å². The smallest absolute Gasteiger partial charge is 0.140 e. The van der Waals surface area contributed by atoms with Gasteiger partial charge in [-0.15, -0.1) is 0 Å². The summed E-state index contributed by atoms with van der Waals surface area (Å²) in [7, 11) is 0. The molecule has 1 saturated carbocycles. The van der Waals surface area contributed by atoms with Crippen molar-refractivity contribution in [2.45, 2.75) is 44.9 Å². The molecule has 1 nitrogen and oxygen atoms in total. The average molecular weight is 234 g/mol. The minimum atomic E-state index is -0.255. The quantitative estimate of drug-likeness (QED) is 0.725.